The van der Waals surface area contributed by atoms with E-state index in [9.17, 15) is 13.0 Å². The minimum atomic E-state index is -4.41. The van der Waals surface area contributed by atoms with Crippen LogP contribution in [0.1, 0.15) is 0 Å². The zero-order chi connectivity index (χ0) is 16.8. The number of aryl methyl sites for hydroxylation is 2. The number of aromatic nitrogens is 2. The van der Waals surface area contributed by atoms with Crippen LogP contribution in [-0.2, 0) is 28.7 Å². The maximum absolute atomic E-state index is 9.22. The molecule has 0 spiro atoms. The third-order valence-electron chi connectivity index (χ3n) is 2.50. The molecule has 2 N–H and O–H groups in total. The van der Waals surface area contributed by atoms with Crippen molar-refractivity contribution >= 4 is 27.7 Å². The van der Waals surface area contributed by atoms with Crippen molar-refractivity contribution in [3.63, 3.8) is 0 Å². The smallest absolute Gasteiger partial charge is 0.421 e. The molecule has 0 bridgehead atoms. The van der Waals surface area contributed by atoms with Gasteiger partial charge in [-0.15, -0.1) is 0 Å². The molecule has 1 aromatic heterocycles. The molecule has 0 fully saturated rings. The van der Waals surface area contributed by atoms with Gasteiger partial charge in [0.05, 0.1) is 33.6 Å². The number of azo groups is 1. The highest BCUT2D eigenvalue weighted by molar-refractivity contribution is 7.80. The Morgan fingerprint density at radius 1 is 1.27 bits per heavy atom. The molecule has 0 radical (unpaired) electrons. The van der Waals surface area contributed by atoms with Gasteiger partial charge in [0.1, 0.15) is 5.69 Å². The number of hydrogen-bond acceptors (Lipinski definition) is 7. The molecule has 0 saturated heterocycles. The highest BCUT2D eigenvalue weighted by Gasteiger charge is 2.09. The molecule has 0 aliphatic heterocycles. The van der Waals surface area contributed by atoms with E-state index in [1.807, 2.05) is 47.8 Å². The molecule has 1 aromatic carbocycles. The second-order valence-corrected chi connectivity index (χ2v) is 5.34. The zero-order valence-corrected chi connectivity index (χ0v) is 13.2. The lowest BCUT2D eigenvalue weighted by Gasteiger charge is -1.98. The summed E-state index contributed by atoms with van der Waals surface area (Å²) in [7, 11) is 0.252. The number of anilines is 1. The van der Waals surface area contributed by atoms with E-state index in [4.69, 9.17) is 5.73 Å². The van der Waals surface area contributed by atoms with Crippen LogP contribution in [0.5, 0.6) is 0 Å². The fraction of sp³-hybridized carbons (Fsp3) is 0.250. The molecule has 1 heterocycles. The van der Waals surface area contributed by atoms with Crippen LogP contribution in [0, 0.1) is 0 Å². The topological polar surface area (TPSA) is 126 Å². The molecule has 0 atom stereocenters. The Kier molecular flexibility index (Phi) is 6.16. The first-order chi connectivity index (χ1) is 10.2. The Balaban J connectivity index is 0.000000346. The van der Waals surface area contributed by atoms with Crippen LogP contribution < -0.4 is 10.3 Å². The Morgan fingerprint density at radius 2 is 1.82 bits per heavy atom. The van der Waals surface area contributed by atoms with Gasteiger partial charge in [-0.1, -0.05) is 5.11 Å². The Morgan fingerprint density at radius 3 is 2.23 bits per heavy atom. The van der Waals surface area contributed by atoms with Crippen LogP contribution >= 0.6 is 0 Å². The van der Waals surface area contributed by atoms with E-state index >= 15 is 0 Å². The van der Waals surface area contributed by atoms with Crippen LogP contribution in [0.2, 0.25) is 0 Å². The minimum absolute atomic E-state index is 0.725. The SMILES string of the molecule is COS(=O)(=O)[O-].Cn1cc[n+](C)c1N=Nc1ccc(N)cc1. The maximum Gasteiger partial charge on any atom is 0.421 e. The Hall–Kier alpha value is -2.30. The van der Waals surface area contributed by atoms with E-state index in [1.165, 1.54) is 0 Å². The third-order valence-corrected chi connectivity index (χ3v) is 2.91. The summed E-state index contributed by atoms with van der Waals surface area (Å²) in [5, 5.41) is 8.31. The summed E-state index contributed by atoms with van der Waals surface area (Å²) < 4.78 is 34.8. The number of nitrogen functional groups attached to an aromatic ring is 1. The molecule has 0 amide bonds. The van der Waals surface area contributed by atoms with Gasteiger partial charge in [-0.05, 0) is 24.3 Å². The molecular weight excluding hydrogens is 310 g/mol. The van der Waals surface area contributed by atoms with E-state index in [0.29, 0.717) is 0 Å². The zero-order valence-electron chi connectivity index (χ0n) is 12.4. The number of nitrogens with two attached hydrogens (primary N) is 1. The van der Waals surface area contributed by atoms with Gasteiger partial charge in [-0.2, -0.15) is 0 Å². The molecule has 0 aliphatic carbocycles. The highest BCUT2D eigenvalue weighted by Crippen LogP contribution is 2.16. The largest absolute Gasteiger partial charge is 0.726 e. The van der Waals surface area contributed by atoms with Crippen molar-refractivity contribution in [3.05, 3.63) is 36.7 Å². The van der Waals surface area contributed by atoms with Crippen molar-refractivity contribution < 1.29 is 21.7 Å². The van der Waals surface area contributed by atoms with Crippen molar-refractivity contribution in [2.45, 2.75) is 0 Å². The lowest BCUT2D eigenvalue weighted by Crippen LogP contribution is -2.25. The Bertz CT molecular complexity index is 718. The summed E-state index contributed by atoms with van der Waals surface area (Å²) in [6.45, 7) is 0. The summed E-state index contributed by atoms with van der Waals surface area (Å²) in [5.74, 6) is 0.789. The van der Waals surface area contributed by atoms with Crippen molar-refractivity contribution in [1.29, 1.82) is 0 Å². The summed E-state index contributed by atoms with van der Waals surface area (Å²) in [5.41, 5.74) is 7.10. The van der Waals surface area contributed by atoms with E-state index in [1.54, 1.807) is 12.1 Å². The van der Waals surface area contributed by atoms with Crippen LogP contribution in [-0.4, -0.2) is 24.6 Å². The van der Waals surface area contributed by atoms with E-state index < -0.39 is 10.4 Å². The second kappa shape index (κ2) is 7.64. The number of imidazole rings is 1. The van der Waals surface area contributed by atoms with Gasteiger partial charge in [-0.3, -0.25) is 4.18 Å². The van der Waals surface area contributed by atoms with Gasteiger partial charge in [-0.25, -0.2) is 17.6 Å². The molecule has 0 aliphatic rings. The van der Waals surface area contributed by atoms with Crippen LogP contribution in [0.3, 0.4) is 0 Å². The summed E-state index contributed by atoms with van der Waals surface area (Å²) >= 11 is 0. The second-order valence-electron chi connectivity index (χ2n) is 4.19. The highest BCUT2D eigenvalue weighted by atomic mass is 32.3. The lowest BCUT2D eigenvalue weighted by atomic mass is 10.3. The van der Waals surface area contributed by atoms with Gasteiger partial charge in [0.15, 0.2) is 0 Å². The lowest BCUT2D eigenvalue weighted by molar-refractivity contribution is -0.657. The van der Waals surface area contributed by atoms with E-state index in [2.05, 4.69) is 14.4 Å². The average molecular weight is 327 g/mol. The summed E-state index contributed by atoms with van der Waals surface area (Å²) in [6.07, 6.45) is 3.86. The van der Waals surface area contributed by atoms with Crippen molar-refractivity contribution in [3.8, 4) is 0 Å². The monoisotopic (exact) mass is 327 g/mol. The van der Waals surface area contributed by atoms with Gasteiger partial charge < -0.3 is 10.3 Å². The molecule has 0 unspecified atom stereocenters. The molecule has 22 heavy (non-hydrogen) atoms. The number of rotatable bonds is 3. The number of nitrogens with zero attached hydrogens (tertiary/aromatic N) is 4. The van der Waals surface area contributed by atoms with Crippen molar-refractivity contribution in [2.75, 3.05) is 12.8 Å². The quantitative estimate of drug-likeness (QED) is 0.295. The molecule has 2 aromatic rings. The number of hydrogen-bond donors (Lipinski definition) is 1. The third kappa shape index (κ3) is 5.99. The summed E-state index contributed by atoms with van der Waals surface area (Å²) in [4.78, 5) is 0. The normalized spacial score (nSPS) is 11.3. The van der Waals surface area contributed by atoms with Crippen molar-refractivity contribution in [1.82, 2.24) is 4.57 Å². The van der Waals surface area contributed by atoms with E-state index in [-0.39, 0.29) is 0 Å². The summed E-state index contributed by atoms with van der Waals surface area (Å²) in [6, 6.07) is 7.28. The number of benzene rings is 1. The van der Waals surface area contributed by atoms with Gasteiger partial charge in [0, 0.05) is 10.8 Å². The fourth-order valence-electron chi connectivity index (χ4n) is 1.37. The van der Waals surface area contributed by atoms with Crippen LogP contribution in [0.4, 0.5) is 17.3 Å². The fourth-order valence-corrected chi connectivity index (χ4v) is 1.37. The average Bonchev–Trinajstić information content (AvgIpc) is 2.78. The first-order valence-electron chi connectivity index (χ1n) is 6.02. The molecule has 2 rings (SSSR count). The van der Waals surface area contributed by atoms with Crippen molar-refractivity contribution in [2.24, 2.45) is 24.3 Å². The Labute approximate surface area is 128 Å². The van der Waals surface area contributed by atoms with Gasteiger partial charge >= 0.3 is 5.95 Å². The van der Waals surface area contributed by atoms with Crippen LogP contribution in [0.15, 0.2) is 46.9 Å². The molecular formula is C12H17N5O4S. The first-order valence-corrected chi connectivity index (χ1v) is 7.36. The van der Waals surface area contributed by atoms with E-state index in [0.717, 1.165) is 24.4 Å². The molecule has 120 valence electrons. The minimum Gasteiger partial charge on any atom is -0.726 e. The first kappa shape index (κ1) is 17.8. The molecule has 10 heteroatoms. The van der Waals surface area contributed by atoms with Gasteiger partial charge in [0.2, 0.25) is 10.4 Å². The maximum atomic E-state index is 9.22. The van der Waals surface area contributed by atoms with Crippen LogP contribution in [0.25, 0.3) is 0 Å². The predicted molar refractivity (Wildman–Crippen MR) is 78.3 cm³/mol. The molecule has 9 nitrogen and oxygen atoms in total. The predicted octanol–water partition coefficient (Wildman–Crippen LogP) is 0.940. The van der Waals surface area contributed by atoms with Gasteiger partial charge in [0.25, 0.3) is 0 Å². The standard InChI is InChI=1S/C11H13N5.CH4O4S/c1-15-7-8-16(2)11(15)14-13-10-5-3-9(12)4-6-10;1-5-6(2,3)4/h3-8,12H,1-2H3;1H3,(H,2,3,4). The molecule has 0 saturated carbocycles.